The zero-order valence-electron chi connectivity index (χ0n) is 16.4. The SMILES string of the molecule is CCCCCCCCCC(C)C(C)NC(CCCCN=C=S)C(=O)O. The third-order valence-electron chi connectivity index (χ3n) is 4.96. The van der Waals surface area contributed by atoms with Crippen molar-refractivity contribution in [2.24, 2.45) is 10.9 Å². The second kappa shape index (κ2) is 16.7. The zero-order chi connectivity index (χ0) is 18.9. The molecule has 0 saturated heterocycles. The number of thiocarbonyl (C=S) groups is 1. The van der Waals surface area contributed by atoms with Gasteiger partial charge in [0.2, 0.25) is 0 Å². The van der Waals surface area contributed by atoms with Crippen molar-refractivity contribution in [3.05, 3.63) is 0 Å². The van der Waals surface area contributed by atoms with Gasteiger partial charge in [-0.25, -0.2) is 4.99 Å². The Labute approximate surface area is 159 Å². The molecule has 0 aliphatic rings. The molecule has 3 unspecified atom stereocenters. The lowest BCUT2D eigenvalue weighted by atomic mass is 9.94. The Bertz CT molecular complexity index is 384. The number of hydrogen-bond acceptors (Lipinski definition) is 4. The zero-order valence-corrected chi connectivity index (χ0v) is 17.2. The van der Waals surface area contributed by atoms with Crippen molar-refractivity contribution in [1.82, 2.24) is 5.32 Å². The summed E-state index contributed by atoms with van der Waals surface area (Å²) in [4.78, 5) is 15.3. The maximum atomic E-state index is 11.4. The van der Waals surface area contributed by atoms with Crippen molar-refractivity contribution in [3.63, 3.8) is 0 Å². The minimum atomic E-state index is -0.756. The maximum Gasteiger partial charge on any atom is 0.320 e. The number of isothiocyanates is 1. The minimum Gasteiger partial charge on any atom is -0.480 e. The topological polar surface area (TPSA) is 61.7 Å². The van der Waals surface area contributed by atoms with Crippen LogP contribution in [0.1, 0.15) is 91.4 Å². The molecule has 0 amide bonds. The van der Waals surface area contributed by atoms with Crippen molar-refractivity contribution in [2.75, 3.05) is 6.54 Å². The summed E-state index contributed by atoms with van der Waals surface area (Å²) in [6, 6.07) is -0.247. The lowest BCUT2D eigenvalue weighted by Crippen LogP contribution is -2.44. The van der Waals surface area contributed by atoms with Gasteiger partial charge in [0.05, 0.1) is 5.16 Å². The maximum absolute atomic E-state index is 11.4. The predicted molar refractivity (Wildman–Crippen MR) is 110 cm³/mol. The van der Waals surface area contributed by atoms with Gasteiger partial charge in [-0.3, -0.25) is 4.79 Å². The van der Waals surface area contributed by atoms with Gasteiger partial charge in [-0.2, -0.15) is 0 Å². The van der Waals surface area contributed by atoms with Crippen molar-refractivity contribution in [2.45, 2.75) is 103 Å². The molecular weight excluding hydrogens is 332 g/mol. The fraction of sp³-hybridized carbons (Fsp3) is 0.900. The molecule has 146 valence electrons. The van der Waals surface area contributed by atoms with Gasteiger partial charge >= 0.3 is 5.97 Å². The summed E-state index contributed by atoms with van der Waals surface area (Å²) in [6.07, 6.45) is 12.7. The molecule has 0 heterocycles. The third kappa shape index (κ3) is 14.1. The molecule has 0 aliphatic carbocycles. The van der Waals surface area contributed by atoms with E-state index in [9.17, 15) is 9.90 Å². The first-order valence-electron chi connectivity index (χ1n) is 10.0. The second-order valence-electron chi connectivity index (χ2n) is 7.20. The average Bonchev–Trinajstić information content (AvgIpc) is 2.59. The fourth-order valence-corrected chi connectivity index (χ4v) is 3.11. The highest BCUT2D eigenvalue weighted by molar-refractivity contribution is 7.78. The molecule has 4 nitrogen and oxygen atoms in total. The molecule has 0 spiro atoms. The Hall–Kier alpha value is -0.770. The van der Waals surface area contributed by atoms with Gasteiger partial charge in [0.15, 0.2) is 0 Å². The Kier molecular flexibility index (Phi) is 16.2. The van der Waals surface area contributed by atoms with Crippen LogP contribution in [0.3, 0.4) is 0 Å². The van der Waals surface area contributed by atoms with Crippen LogP contribution in [0.2, 0.25) is 0 Å². The number of rotatable bonds is 17. The summed E-state index contributed by atoms with van der Waals surface area (Å²) in [7, 11) is 0. The number of unbranched alkanes of at least 4 members (excludes halogenated alkanes) is 7. The van der Waals surface area contributed by atoms with Gasteiger partial charge < -0.3 is 10.4 Å². The molecular formula is C20H38N2O2S. The number of carbonyl (C=O) groups is 1. The standard InChI is InChI=1S/C20H38N2O2S/c1-4-5-6-7-8-9-10-13-17(2)18(3)22-19(20(23)24)14-11-12-15-21-16-25/h17-19,22H,4-15H2,1-3H3,(H,23,24). The van der Waals surface area contributed by atoms with Crippen LogP contribution in [0.25, 0.3) is 0 Å². The second-order valence-corrected chi connectivity index (χ2v) is 7.38. The van der Waals surface area contributed by atoms with E-state index in [0.29, 0.717) is 18.9 Å². The van der Waals surface area contributed by atoms with E-state index in [4.69, 9.17) is 0 Å². The summed E-state index contributed by atoms with van der Waals surface area (Å²) in [6.45, 7) is 7.22. The van der Waals surface area contributed by atoms with Crippen molar-refractivity contribution < 1.29 is 9.90 Å². The van der Waals surface area contributed by atoms with Gasteiger partial charge in [0.1, 0.15) is 6.04 Å². The minimum absolute atomic E-state index is 0.222. The number of nitrogens with zero attached hydrogens (tertiary/aromatic N) is 1. The average molecular weight is 371 g/mol. The molecule has 0 fully saturated rings. The molecule has 0 aromatic heterocycles. The number of carboxylic acid groups (broad SMARTS) is 1. The normalized spacial score (nSPS) is 14.5. The van der Waals surface area contributed by atoms with Gasteiger partial charge in [-0.15, -0.1) is 0 Å². The van der Waals surface area contributed by atoms with E-state index >= 15 is 0 Å². The monoisotopic (exact) mass is 370 g/mol. The van der Waals surface area contributed by atoms with Gasteiger partial charge in [-0.1, -0.05) is 58.8 Å². The molecule has 0 bridgehead atoms. The van der Waals surface area contributed by atoms with Crippen LogP contribution in [0, 0.1) is 5.92 Å². The van der Waals surface area contributed by atoms with Gasteiger partial charge in [0.25, 0.3) is 0 Å². The molecule has 3 atom stereocenters. The van der Waals surface area contributed by atoms with Crippen molar-refractivity contribution in [3.8, 4) is 0 Å². The Morgan fingerprint density at radius 1 is 1.04 bits per heavy atom. The van der Waals surface area contributed by atoms with Crippen molar-refractivity contribution >= 4 is 23.3 Å². The highest BCUT2D eigenvalue weighted by Crippen LogP contribution is 2.16. The Balaban J connectivity index is 3.95. The molecule has 5 heteroatoms. The molecule has 0 aliphatic heterocycles. The highest BCUT2D eigenvalue weighted by Gasteiger charge is 2.21. The lowest BCUT2D eigenvalue weighted by molar-refractivity contribution is -0.140. The van der Waals surface area contributed by atoms with Crippen LogP contribution in [-0.2, 0) is 4.79 Å². The number of aliphatic imine (C=N–C) groups is 1. The smallest absolute Gasteiger partial charge is 0.320 e. The first-order chi connectivity index (χ1) is 12.0. The molecule has 0 aromatic carbocycles. The number of aliphatic carboxylic acids is 1. The number of hydrogen-bond donors (Lipinski definition) is 2. The largest absolute Gasteiger partial charge is 0.480 e. The van der Waals surface area contributed by atoms with E-state index in [-0.39, 0.29) is 6.04 Å². The lowest BCUT2D eigenvalue weighted by Gasteiger charge is -2.25. The molecule has 0 saturated carbocycles. The van der Waals surface area contributed by atoms with E-state index in [2.05, 4.69) is 48.5 Å². The van der Waals surface area contributed by atoms with E-state index in [1.54, 1.807) is 0 Å². The van der Waals surface area contributed by atoms with Gasteiger partial charge in [-0.05, 0) is 50.7 Å². The van der Waals surface area contributed by atoms with Crippen LogP contribution in [0.5, 0.6) is 0 Å². The van der Waals surface area contributed by atoms with Crippen LogP contribution in [0.4, 0.5) is 0 Å². The first kappa shape index (κ1) is 24.2. The van der Waals surface area contributed by atoms with E-state index in [1.165, 1.54) is 44.9 Å². The third-order valence-corrected chi connectivity index (χ3v) is 5.09. The fourth-order valence-electron chi connectivity index (χ4n) is 3.02. The van der Waals surface area contributed by atoms with Crippen LogP contribution < -0.4 is 5.32 Å². The molecule has 2 N–H and O–H groups in total. The summed E-state index contributed by atoms with van der Waals surface area (Å²) in [5.41, 5.74) is 0. The number of nitrogens with one attached hydrogen (secondary N) is 1. The Morgan fingerprint density at radius 2 is 1.64 bits per heavy atom. The van der Waals surface area contributed by atoms with Crippen LogP contribution in [0.15, 0.2) is 4.99 Å². The van der Waals surface area contributed by atoms with E-state index in [1.807, 2.05) is 0 Å². The van der Waals surface area contributed by atoms with Gasteiger partial charge in [0, 0.05) is 12.6 Å². The van der Waals surface area contributed by atoms with Crippen LogP contribution in [-0.4, -0.2) is 34.9 Å². The van der Waals surface area contributed by atoms with E-state index < -0.39 is 12.0 Å². The van der Waals surface area contributed by atoms with Crippen molar-refractivity contribution in [1.29, 1.82) is 0 Å². The first-order valence-corrected chi connectivity index (χ1v) is 10.5. The summed E-state index contributed by atoms with van der Waals surface area (Å²) >= 11 is 4.53. The molecule has 0 rings (SSSR count). The molecule has 0 radical (unpaired) electrons. The Morgan fingerprint density at radius 3 is 2.24 bits per heavy atom. The summed E-state index contributed by atoms with van der Waals surface area (Å²) in [5, 5.41) is 15.1. The van der Waals surface area contributed by atoms with Crippen LogP contribution >= 0.6 is 12.2 Å². The predicted octanol–water partition coefficient (Wildman–Crippen LogP) is 5.47. The quantitative estimate of drug-likeness (QED) is 0.202. The number of carboxylic acids is 1. The summed E-state index contributed by atoms with van der Waals surface area (Å²) in [5.74, 6) is -0.259. The van der Waals surface area contributed by atoms with E-state index in [0.717, 1.165) is 19.3 Å². The molecule has 0 aromatic rings. The summed E-state index contributed by atoms with van der Waals surface area (Å²) < 4.78 is 0. The molecule has 25 heavy (non-hydrogen) atoms. The highest BCUT2D eigenvalue weighted by atomic mass is 32.1.